The SMILES string of the molecule is CC(=O)OC(C)n1cccc(N)c1=O. The van der Waals surface area contributed by atoms with Gasteiger partial charge in [0.25, 0.3) is 5.56 Å². The molecule has 1 unspecified atom stereocenters. The smallest absolute Gasteiger partial charge is 0.304 e. The summed E-state index contributed by atoms with van der Waals surface area (Å²) >= 11 is 0. The van der Waals surface area contributed by atoms with Crippen molar-refractivity contribution in [3.8, 4) is 0 Å². The second-order valence-corrected chi connectivity index (χ2v) is 2.88. The molecule has 0 aliphatic carbocycles. The van der Waals surface area contributed by atoms with Gasteiger partial charge in [0.15, 0.2) is 6.23 Å². The lowest BCUT2D eigenvalue weighted by molar-refractivity contribution is -0.149. The minimum absolute atomic E-state index is 0.131. The quantitative estimate of drug-likeness (QED) is 0.699. The van der Waals surface area contributed by atoms with Crippen LogP contribution in [0.3, 0.4) is 0 Å². The highest BCUT2D eigenvalue weighted by atomic mass is 16.6. The van der Waals surface area contributed by atoms with E-state index in [0.717, 1.165) is 0 Å². The molecule has 0 amide bonds. The number of aromatic nitrogens is 1. The first-order valence-corrected chi connectivity index (χ1v) is 4.16. The van der Waals surface area contributed by atoms with Crippen molar-refractivity contribution < 1.29 is 9.53 Å². The Balaban J connectivity index is 3.01. The highest BCUT2D eigenvalue weighted by molar-refractivity contribution is 5.65. The van der Waals surface area contributed by atoms with E-state index in [1.54, 1.807) is 13.0 Å². The molecule has 14 heavy (non-hydrogen) atoms. The maximum Gasteiger partial charge on any atom is 0.304 e. The van der Waals surface area contributed by atoms with Crippen molar-refractivity contribution in [2.75, 3.05) is 5.73 Å². The summed E-state index contributed by atoms with van der Waals surface area (Å²) in [5.74, 6) is -0.438. The Bertz CT molecular complexity index is 397. The van der Waals surface area contributed by atoms with Crippen molar-refractivity contribution in [3.63, 3.8) is 0 Å². The first-order chi connectivity index (χ1) is 6.52. The molecule has 5 nitrogen and oxygen atoms in total. The third-order valence-electron chi connectivity index (χ3n) is 1.73. The van der Waals surface area contributed by atoms with Gasteiger partial charge in [-0.15, -0.1) is 0 Å². The van der Waals surface area contributed by atoms with E-state index in [1.165, 1.54) is 23.8 Å². The van der Waals surface area contributed by atoms with Crippen LogP contribution in [0.5, 0.6) is 0 Å². The number of nitrogens with zero attached hydrogens (tertiary/aromatic N) is 1. The number of carbonyl (C=O) groups excluding carboxylic acids is 1. The van der Waals surface area contributed by atoms with Gasteiger partial charge < -0.3 is 10.5 Å². The number of nitrogen functional groups attached to an aromatic ring is 1. The van der Waals surface area contributed by atoms with Gasteiger partial charge in [0.05, 0.1) is 5.69 Å². The third-order valence-corrected chi connectivity index (χ3v) is 1.73. The molecule has 0 aromatic carbocycles. The second kappa shape index (κ2) is 3.95. The molecule has 1 rings (SSSR count). The summed E-state index contributed by atoms with van der Waals surface area (Å²) in [4.78, 5) is 22.1. The zero-order valence-corrected chi connectivity index (χ0v) is 8.06. The maximum absolute atomic E-state index is 11.4. The van der Waals surface area contributed by atoms with Crippen LogP contribution in [-0.4, -0.2) is 10.5 Å². The third kappa shape index (κ3) is 2.12. The molecule has 0 bridgehead atoms. The number of rotatable bonds is 2. The molecule has 1 aromatic heterocycles. The summed E-state index contributed by atoms with van der Waals surface area (Å²) in [5.41, 5.74) is 5.19. The Morgan fingerprint density at radius 2 is 2.29 bits per heavy atom. The summed E-state index contributed by atoms with van der Waals surface area (Å²) in [7, 11) is 0. The molecule has 0 aliphatic rings. The van der Waals surface area contributed by atoms with E-state index < -0.39 is 12.2 Å². The molecule has 1 atom stereocenters. The summed E-state index contributed by atoms with van der Waals surface area (Å²) < 4.78 is 6.10. The topological polar surface area (TPSA) is 74.3 Å². The first kappa shape index (κ1) is 10.3. The van der Waals surface area contributed by atoms with Crippen LogP contribution >= 0.6 is 0 Å². The fourth-order valence-corrected chi connectivity index (χ4v) is 1.11. The number of ether oxygens (including phenoxy) is 1. The van der Waals surface area contributed by atoms with E-state index in [0.29, 0.717) is 0 Å². The van der Waals surface area contributed by atoms with Crippen molar-refractivity contribution in [3.05, 3.63) is 28.7 Å². The largest absolute Gasteiger partial charge is 0.442 e. The van der Waals surface area contributed by atoms with Gasteiger partial charge in [-0.25, -0.2) is 0 Å². The minimum atomic E-state index is -0.636. The van der Waals surface area contributed by atoms with Gasteiger partial charge in [-0.1, -0.05) is 0 Å². The predicted molar refractivity (Wildman–Crippen MR) is 51.6 cm³/mol. The van der Waals surface area contributed by atoms with Crippen molar-refractivity contribution in [1.82, 2.24) is 4.57 Å². The normalized spacial score (nSPS) is 12.1. The lowest BCUT2D eigenvalue weighted by Crippen LogP contribution is -2.27. The summed E-state index contributed by atoms with van der Waals surface area (Å²) in [6.45, 7) is 2.88. The van der Waals surface area contributed by atoms with Crippen LogP contribution in [-0.2, 0) is 9.53 Å². The average molecular weight is 196 g/mol. The van der Waals surface area contributed by atoms with Gasteiger partial charge in [0.2, 0.25) is 0 Å². The predicted octanol–water partition coefficient (Wildman–Crippen LogP) is 0.512. The van der Waals surface area contributed by atoms with E-state index in [4.69, 9.17) is 10.5 Å². The van der Waals surface area contributed by atoms with E-state index in [1.807, 2.05) is 0 Å². The second-order valence-electron chi connectivity index (χ2n) is 2.88. The first-order valence-electron chi connectivity index (χ1n) is 4.16. The van der Waals surface area contributed by atoms with E-state index in [2.05, 4.69) is 0 Å². The number of pyridine rings is 1. The number of esters is 1. The summed E-state index contributed by atoms with van der Waals surface area (Å²) in [5, 5.41) is 0. The zero-order chi connectivity index (χ0) is 10.7. The van der Waals surface area contributed by atoms with Crippen molar-refractivity contribution in [2.24, 2.45) is 0 Å². The highest BCUT2D eigenvalue weighted by Crippen LogP contribution is 2.05. The lowest BCUT2D eigenvalue weighted by Gasteiger charge is -2.14. The number of nitrogens with two attached hydrogens (primary N) is 1. The molecule has 2 N–H and O–H groups in total. The van der Waals surface area contributed by atoms with E-state index in [9.17, 15) is 9.59 Å². The molecule has 0 radical (unpaired) electrons. The minimum Gasteiger partial charge on any atom is -0.442 e. The van der Waals surface area contributed by atoms with Crippen molar-refractivity contribution in [2.45, 2.75) is 20.1 Å². The fraction of sp³-hybridized carbons (Fsp3) is 0.333. The molecule has 5 heteroatoms. The van der Waals surface area contributed by atoms with Crippen LogP contribution in [0, 0.1) is 0 Å². The van der Waals surface area contributed by atoms with Crippen LogP contribution in [0.1, 0.15) is 20.1 Å². The van der Waals surface area contributed by atoms with Gasteiger partial charge >= 0.3 is 5.97 Å². The summed E-state index contributed by atoms with van der Waals surface area (Å²) in [6.07, 6.45) is 0.884. The standard InChI is InChI=1S/C9H12N2O3/c1-6(14-7(2)12)11-5-3-4-8(10)9(11)13/h3-6H,10H2,1-2H3. The van der Waals surface area contributed by atoms with E-state index in [-0.39, 0.29) is 11.2 Å². The summed E-state index contributed by atoms with van der Waals surface area (Å²) in [6, 6.07) is 3.12. The molecule has 0 saturated heterocycles. The highest BCUT2D eigenvalue weighted by Gasteiger charge is 2.09. The molecule has 1 aromatic rings. The van der Waals surface area contributed by atoms with Gasteiger partial charge in [-0.2, -0.15) is 0 Å². The van der Waals surface area contributed by atoms with Crippen LogP contribution in [0.25, 0.3) is 0 Å². The van der Waals surface area contributed by atoms with E-state index >= 15 is 0 Å². The number of hydrogen-bond acceptors (Lipinski definition) is 4. The van der Waals surface area contributed by atoms with Gasteiger partial charge in [0, 0.05) is 13.1 Å². The van der Waals surface area contributed by atoms with Crippen molar-refractivity contribution >= 4 is 11.7 Å². The Hall–Kier alpha value is -1.78. The van der Waals surface area contributed by atoms with Crippen LogP contribution in [0.15, 0.2) is 23.1 Å². The number of anilines is 1. The van der Waals surface area contributed by atoms with Crippen LogP contribution < -0.4 is 11.3 Å². The molecule has 0 fully saturated rings. The Kier molecular flexibility index (Phi) is 2.91. The van der Waals surface area contributed by atoms with Crippen LogP contribution in [0.4, 0.5) is 5.69 Å². The number of hydrogen-bond donors (Lipinski definition) is 1. The molecule has 0 spiro atoms. The lowest BCUT2D eigenvalue weighted by atomic mass is 10.4. The Morgan fingerprint density at radius 1 is 1.64 bits per heavy atom. The van der Waals surface area contributed by atoms with Gasteiger partial charge in [0.1, 0.15) is 0 Å². The van der Waals surface area contributed by atoms with Crippen molar-refractivity contribution in [1.29, 1.82) is 0 Å². The molecular formula is C9H12N2O3. The van der Waals surface area contributed by atoms with Crippen LogP contribution in [0.2, 0.25) is 0 Å². The Labute approximate surface area is 81.1 Å². The Morgan fingerprint density at radius 3 is 2.86 bits per heavy atom. The number of carbonyl (C=O) groups is 1. The monoisotopic (exact) mass is 196 g/mol. The van der Waals surface area contributed by atoms with Gasteiger partial charge in [-0.05, 0) is 19.1 Å². The molecule has 0 aliphatic heterocycles. The molecule has 1 heterocycles. The average Bonchev–Trinajstić information content (AvgIpc) is 2.08. The molecular weight excluding hydrogens is 184 g/mol. The zero-order valence-electron chi connectivity index (χ0n) is 8.06. The molecule has 76 valence electrons. The fourth-order valence-electron chi connectivity index (χ4n) is 1.11. The molecule has 0 saturated carbocycles. The maximum atomic E-state index is 11.4. The van der Waals surface area contributed by atoms with Gasteiger partial charge in [-0.3, -0.25) is 14.2 Å².